The van der Waals surface area contributed by atoms with Crippen LogP contribution in [0.25, 0.3) is 5.57 Å². The van der Waals surface area contributed by atoms with E-state index in [0.717, 1.165) is 44.3 Å². The van der Waals surface area contributed by atoms with Gasteiger partial charge in [0.25, 0.3) is 0 Å². The first-order valence-corrected chi connectivity index (χ1v) is 10.8. The van der Waals surface area contributed by atoms with Crippen LogP contribution < -0.4 is 0 Å². The maximum Gasteiger partial charge on any atom is 0.310 e. The van der Waals surface area contributed by atoms with Crippen molar-refractivity contribution in [3.05, 3.63) is 62.3 Å². The summed E-state index contributed by atoms with van der Waals surface area (Å²) in [6.45, 7) is 4.53. The molecule has 1 aliphatic carbocycles. The standard InChI is InChI=1S/C23H27NO2S.ClH/c1-3-26-22(25)15-16-4-5-17-6-7-21-19(10-13-27-21)23(20(17)14-16)18-8-11-24(2)12-9-18;/h4-5,10,13-14H,3,6-9,11-12,15H2,1-2H3;1H. The minimum absolute atomic E-state index is 0. The van der Waals surface area contributed by atoms with Crippen LogP contribution in [0.2, 0.25) is 0 Å². The lowest BCUT2D eigenvalue weighted by Crippen LogP contribution is -2.27. The molecule has 5 heteroatoms. The fraction of sp³-hybridized carbons (Fsp3) is 0.435. The lowest BCUT2D eigenvalue weighted by atomic mass is 9.86. The Hall–Kier alpha value is -1.62. The van der Waals surface area contributed by atoms with Crippen molar-refractivity contribution in [3.63, 3.8) is 0 Å². The summed E-state index contributed by atoms with van der Waals surface area (Å²) in [6, 6.07) is 8.88. The van der Waals surface area contributed by atoms with Crippen molar-refractivity contribution in [1.82, 2.24) is 4.90 Å². The lowest BCUT2D eigenvalue weighted by Gasteiger charge is -2.27. The Morgan fingerprint density at radius 3 is 2.64 bits per heavy atom. The zero-order valence-electron chi connectivity index (χ0n) is 16.6. The molecule has 0 N–H and O–H groups in total. The minimum Gasteiger partial charge on any atom is -0.466 e. The van der Waals surface area contributed by atoms with Crippen LogP contribution in [0.15, 0.2) is 35.2 Å². The van der Waals surface area contributed by atoms with Crippen LogP contribution >= 0.6 is 23.7 Å². The number of piperidine rings is 1. The average molecular weight is 418 g/mol. The third-order valence-corrected chi connectivity index (χ3v) is 6.66. The quantitative estimate of drug-likeness (QED) is 0.665. The van der Waals surface area contributed by atoms with Gasteiger partial charge >= 0.3 is 5.97 Å². The van der Waals surface area contributed by atoms with Gasteiger partial charge in [0.1, 0.15) is 0 Å². The van der Waals surface area contributed by atoms with E-state index in [1.54, 1.807) is 5.57 Å². The first kappa shape index (κ1) is 21.1. The van der Waals surface area contributed by atoms with E-state index in [9.17, 15) is 4.79 Å². The molecule has 3 nitrogen and oxygen atoms in total. The number of halogens is 1. The highest BCUT2D eigenvalue weighted by Crippen LogP contribution is 2.40. The third-order valence-electron chi connectivity index (χ3n) is 5.68. The van der Waals surface area contributed by atoms with E-state index in [2.05, 4.69) is 41.6 Å². The summed E-state index contributed by atoms with van der Waals surface area (Å²) in [5.74, 6) is -0.143. The number of fused-ring (bicyclic) bond motifs is 2. The second-order valence-electron chi connectivity index (χ2n) is 7.51. The van der Waals surface area contributed by atoms with Crippen molar-refractivity contribution < 1.29 is 9.53 Å². The molecule has 0 spiro atoms. The van der Waals surface area contributed by atoms with E-state index in [1.165, 1.54) is 27.1 Å². The third kappa shape index (κ3) is 4.35. The zero-order chi connectivity index (χ0) is 18.8. The fourth-order valence-corrected chi connectivity index (χ4v) is 5.12. The normalized spacial score (nSPS) is 16.6. The molecule has 0 unspecified atom stereocenters. The summed E-state index contributed by atoms with van der Waals surface area (Å²) < 4.78 is 5.16. The van der Waals surface area contributed by atoms with Crippen LogP contribution in [0.3, 0.4) is 0 Å². The van der Waals surface area contributed by atoms with Crippen molar-refractivity contribution in [3.8, 4) is 0 Å². The molecule has 2 aromatic rings. The Labute approximate surface area is 177 Å². The van der Waals surface area contributed by atoms with Crippen molar-refractivity contribution in [1.29, 1.82) is 0 Å². The first-order valence-electron chi connectivity index (χ1n) is 9.90. The molecule has 0 saturated carbocycles. The van der Waals surface area contributed by atoms with Gasteiger partial charge in [-0.25, -0.2) is 0 Å². The predicted octanol–water partition coefficient (Wildman–Crippen LogP) is 4.90. The van der Waals surface area contributed by atoms with Crippen molar-refractivity contribution in [2.45, 2.75) is 39.0 Å². The van der Waals surface area contributed by atoms with Gasteiger partial charge in [-0.1, -0.05) is 23.8 Å². The number of rotatable bonds is 3. The van der Waals surface area contributed by atoms with Gasteiger partial charge in [-0.05, 0) is 78.9 Å². The second-order valence-corrected chi connectivity index (χ2v) is 8.51. The number of nitrogens with zero attached hydrogens (tertiary/aromatic N) is 1. The number of hydrogen-bond acceptors (Lipinski definition) is 4. The molecule has 1 aliphatic heterocycles. The summed E-state index contributed by atoms with van der Waals surface area (Å²) in [5, 5.41) is 2.23. The molecule has 1 aromatic carbocycles. The molecule has 4 rings (SSSR count). The van der Waals surface area contributed by atoms with Gasteiger partial charge < -0.3 is 9.64 Å². The fourth-order valence-electron chi connectivity index (χ4n) is 4.23. The molecule has 0 radical (unpaired) electrons. The van der Waals surface area contributed by atoms with Crippen LogP contribution in [0, 0.1) is 0 Å². The highest BCUT2D eigenvalue weighted by atomic mass is 35.5. The topological polar surface area (TPSA) is 29.5 Å². The van der Waals surface area contributed by atoms with Gasteiger partial charge in [-0.2, -0.15) is 0 Å². The van der Waals surface area contributed by atoms with Crippen LogP contribution in [0.4, 0.5) is 0 Å². The Kier molecular flexibility index (Phi) is 6.97. The molecule has 2 heterocycles. The van der Waals surface area contributed by atoms with Gasteiger partial charge in [0.05, 0.1) is 13.0 Å². The second kappa shape index (κ2) is 9.25. The molecule has 2 aliphatic rings. The summed E-state index contributed by atoms with van der Waals surface area (Å²) in [4.78, 5) is 15.9. The Bertz CT molecular complexity index is 876. The molecular formula is C23H28ClNO2S. The Morgan fingerprint density at radius 1 is 1.11 bits per heavy atom. The number of ether oxygens (including phenoxy) is 1. The van der Waals surface area contributed by atoms with Crippen LogP contribution in [0.1, 0.15) is 46.9 Å². The monoisotopic (exact) mass is 417 g/mol. The molecule has 1 saturated heterocycles. The van der Waals surface area contributed by atoms with Crippen LogP contribution in [-0.2, 0) is 28.8 Å². The average Bonchev–Trinajstić information content (AvgIpc) is 3.05. The maximum atomic E-state index is 12.0. The summed E-state index contributed by atoms with van der Waals surface area (Å²) in [6.07, 6.45) is 4.78. The highest BCUT2D eigenvalue weighted by molar-refractivity contribution is 7.10. The summed E-state index contributed by atoms with van der Waals surface area (Å²) in [5.41, 5.74) is 8.24. The van der Waals surface area contributed by atoms with Crippen molar-refractivity contribution in [2.24, 2.45) is 0 Å². The van der Waals surface area contributed by atoms with Gasteiger partial charge in [-0.3, -0.25) is 4.79 Å². The predicted molar refractivity (Wildman–Crippen MR) is 119 cm³/mol. The van der Waals surface area contributed by atoms with Crippen LogP contribution in [0.5, 0.6) is 0 Å². The maximum absolute atomic E-state index is 12.0. The molecule has 0 atom stereocenters. The smallest absolute Gasteiger partial charge is 0.310 e. The highest BCUT2D eigenvalue weighted by Gasteiger charge is 2.24. The number of carbonyl (C=O) groups excluding carboxylic acids is 1. The van der Waals surface area contributed by atoms with Crippen LogP contribution in [-0.4, -0.2) is 37.6 Å². The Morgan fingerprint density at radius 2 is 1.89 bits per heavy atom. The molecular weight excluding hydrogens is 390 g/mol. The van der Waals surface area contributed by atoms with E-state index in [4.69, 9.17) is 4.74 Å². The lowest BCUT2D eigenvalue weighted by molar-refractivity contribution is -0.142. The molecule has 1 aromatic heterocycles. The van der Waals surface area contributed by atoms with E-state index >= 15 is 0 Å². The van der Waals surface area contributed by atoms with Gasteiger partial charge in [0.2, 0.25) is 0 Å². The van der Waals surface area contributed by atoms with E-state index < -0.39 is 0 Å². The molecule has 0 amide bonds. The van der Waals surface area contributed by atoms with Crippen molar-refractivity contribution in [2.75, 3.05) is 26.7 Å². The Balaban J connectivity index is 0.00000225. The zero-order valence-corrected chi connectivity index (χ0v) is 18.3. The van der Waals surface area contributed by atoms with E-state index in [1.807, 2.05) is 18.3 Å². The number of likely N-dealkylation sites (tertiary alicyclic amines) is 1. The molecule has 1 fully saturated rings. The molecule has 150 valence electrons. The van der Waals surface area contributed by atoms with Gasteiger partial charge in [-0.15, -0.1) is 23.7 Å². The number of aryl methyl sites for hydroxylation is 2. The van der Waals surface area contributed by atoms with E-state index in [-0.39, 0.29) is 18.4 Å². The number of thiophene rings is 1. The van der Waals surface area contributed by atoms with Gasteiger partial charge in [0.15, 0.2) is 0 Å². The number of esters is 1. The van der Waals surface area contributed by atoms with E-state index in [0.29, 0.717) is 13.0 Å². The summed E-state index contributed by atoms with van der Waals surface area (Å²) >= 11 is 1.88. The molecule has 28 heavy (non-hydrogen) atoms. The number of carbonyl (C=O) groups is 1. The minimum atomic E-state index is -0.143. The SMILES string of the molecule is CCOC(=O)Cc1ccc2c(c1)C(=C1CCN(C)CC1)c1ccsc1CC2.Cl. The number of benzene rings is 1. The largest absolute Gasteiger partial charge is 0.466 e. The molecule has 0 bridgehead atoms. The van der Waals surface area contributed by atoms with Gasteiger partial charge in [0, 0.05) is 18.0 Å². The van der Waals surface area contributed by atoms with Crippen molar-refractivity contribution >= 4 is 35.3 Å². The summed E-state index contributed by atoms with van der Waals surface area (Å²) in [7, 11) is 2.20. The first-order chi connectivity index (χ1) is 13.2. The number of hydrogen-bond donors (Lipinski definition) is 0.